The molecule has 44 heavy (non-hydrogen) atoms. The molecule has 1 saturated carbocycles. The third-order valence-corrected chi connectivity index (χ3v) is 8.39. The molecule has 1 saturated heterocycles. The number of carbonyl (C=O) groups excluding carboxylic acids is 1. The molecule has 5 aromatic rings. The van der Waals surface area contributed by atoms with Gasteiger partial charge in [0, 0.05) is 62.1 Å². The number of nitrogens with one attached hydrogen (secondary N) is 1. The monoisotopic (exact) mass is 598 g/mol. The van der Waals surface area contributed by atoms with Crippen LogP contribution in [0, 0.1) is 0 Å². The van der Waals surface area contributed by atoms with E-state index in [0.29, 0.717) is 72.0 Å². The lowest BCUT2D eigenvalue weighted by atomic mass is 10.1. The van der Waals surface area contributed by atoms with E-state index in [1.54, 1.807) is 32.3 Å². The molecule has 12 heteroatoms. The predicted octanol–water partition coefficient (Wildman–Crippen LogP) is 5.20. The highest BCUT2D eigenvalue weighted by Gasteiger charge is 2.27. The number of fused-ring (bicyclic) bond motifs is 2. The van der Waals surface area contributed by atoms with Crippen LogP contribution in [0.2, 0.25) is 0 Å². The Hall–Kier alpha value is -4.84. The van der Waals surface area contributed by atoms with Crippen molar-refractivity contribution in [3.05, 3.63) is 58.7 Å². The van der Waals surface area contributed by atoms with Crippen molar-refractivity contribution < 1.29 is 23.1 Å². The molecule has 1 aliphatic heterocycles. The Morgan fingerprint density at radius 1 is 1.07 bits per heavy atom. The highest BCUT2D eigenvalue weighted by Crippen LogP contribution is 2.39. The number of anilines is 3. The maximum atomic E-state index is 13.1. The molecular weight excluding hydrogens is 564 g/mol. The number of hydrogen-bond donors (Lipinski definition) is 1. The molecule has 1 amide bonds. The second kappa shape index (κ2) is 11.3. The van der Waals surface area contributed by atoms with Crippen molar-refractivity contribution in [3.8, 4) is 16.9 Å². The minimum Gasteiger partial charge on any atom is -0.496 e. The largest absolute Gasteiger partial charge is 0.496 e. The number of furan rings is 1. The van der Waals surface area contributed by atoms with Crippen molar-refractivity contribution in [2.24, 2.45) is 0 Å². The number of ether oxygens (including phenoxy) is 2. The lowest BCUT2D eigenvalue weighted by Crippen LogP contribution is -2.36. The summed E-state index contributed by atoms with van der Waals surface area (Å²) in [5.41, 5.74) is 3.66. The third kappa shape index (κ3) is 4.94. The van der Waals surface area contributed by atoms with Crippen LogP contribution < -0.4 is 20.4 Å². The summed E-state index contributed by atoms with van der Waals surface area (Å²) in [5, 5.41) is 4.12. The fourth-order valence-corrected chi connectivity index (χ4v) is 6.17. The average molecular weight is 599 g/mol. The Balaban J connectivity index is 1.23. The summed E-state index contributed by atoms with van der Waals surface area (Å²) >= 11 is 0. The molecule has 0 radical (unpaired) electrons. The molecule has 1 aromatic carbocycles. The molecule has 0 unspecified atom stereocenters. The number of methoxy groups -OCH3 is 1. The normalized spacial score (nSPS) is 15.8. The molecule has 2 aliphatic rings. The molecule has 228 valence electrons. The van der Waals surface area contributed by atoms with Gasteiger partial charge in [0.2, 0.25) is 17.0 Å². The van der Waals surface area contributed by atoms with Crippen molar-refractivity contribution in [2.75, 3.05) is 57.7 Å². The zero-order valence-electron chi connectivity index (χ0n) is 25.0. The molecular formula is C32H34N6O6. The van der Waals surface area contributed by atoms with E-state index in [1.807, 2.05) is 29.2 Å². The lowest BCUT2D eigenvalue weighted by Gasteiger charge is -2.26. The molecule has 12 nitrogen and oxygen atoms in total. The number of morpholine rings is 1. The average Bonchev–Trinajstić information content (AvgIpc) is 3.80. The van der Waals surface area contributed by atoms with Crippen LogP contribution in [-0.2, 0) is 4.74 Å². The minimum atomic E-state index is -0.249. The summed E-state index contributed by atoms with van der Waals surface area (Å²) in [4.78, 5) is 38.9. The molecule has 0 spiro atoms. The first kappa shape index (κ1) is 28.0. The van der Waals surface area contributed by atoms with Gasteiger partial charge in [0.15, 0.2) is 11.5 Å². The van der Waals surface area contributed by atoms with Crippen LogP contribution in [0.15, 0.2) is 56.4 Å². The first-order chi connectivity index (χ1) is 21.4. The van der Waals surface area contributed by atoms with Crippen LogP contribution in [-0.4, -0.2) is 72.9 Å². The predicted molar refractivity (Wildman–Crippen MR) is 166 cm³/mol. The standard InChI is InChI=1S/C32H34N6O6/c1-36(2)31(40)24-14-19-17-33-32(35-30(19)38(24)21-6-4-5-7-21)34-20-8-9-22(26(15-20)41-3)23-18-43-29-25(39)16-27(44-28(23)29)37-10-12-42-13-11-37/h8-9,14-18,21H,4-7,10-13H2,1-3H3,(H,33,34,35). The maximum absolute atomic E-state index is 13.1. The van der Waals surface area contributed by atoms with Gasteiger partial charge in [-0.2, -0.15) is 4.98 Å². The van der Waals surface area contributed by atoms with Crippen LogP contribution >= 0.6 is 0 Å². The van der Waals surface area contributed by atoms with E-state index in [1.165, 1.54) is 12.3 Å². The Kier molecular flexibility index (Phi) is 7.21. The van der Waals surface area contributed by atoms with Gasteiger partial charge < -0.3 is 38.0 Å². The van der Waals surface area contributed by atoms with E-state index in [-0.39, 0.29) is 23.0 Å². The maximum Gasteiger partial charge on any atom is 0.270 e. The fraction of sp³-hybridized carbons (Fsp3) is 0.375. The van der Waals surface area contributed by atoms with Crippen LogP contribution in [0.5, 0.6) is 5.75 Å². The van der Waals surface area contributed by atoms with Crippen LogP contribution in [0.3, 0.4) is 0 Å². The van der Waals surface area contributed by atoms with Gasteiger partial charge in [-0.25, -0.2) is 4.98 Å². The summed E-state index contributed by atoms with van der Waals surface area (Å²) in [7, 11) is 5.11. The Morgan fingerprint density at radius 2 is 1.86 bits per heavy atom. The highest BCUT2D eigenvalue weighted by molar-refractivity contribution is 5.98. The quantitative estimate of drug-likeness (QED) is 0.267. The van der Waals surface area contributed by atoms with Gasteiger partial charge in [-0.3, -0.25) is 9.59 Å². The van der Waals surface area contributed by atoms with Gasteiger partial charge in [-0.15, -0.1) is 0 Å². The number of nitrogens with zero attached hydrogens (tertiary/aromatic N) is 5. The van der Waals surface area contributed by atoms with Crippen molar-refractivity contribution in [2.45, 2.75) is 31.7 Å². The zero-order chi connectivity index (χ0) is 30.4. The van der Waals surface area contributed by atoms with E-state index in [4.69, 9.17) is 23.3 Å². The molecule has 2 fully saturated rings. The van der Waals surface area contributed by atoms with E-state index < -0.39 is 0 Å². The second-order valence-electron chi connectivity index (χ2n) is 11.4. The van der Waals surface area contributed by atoms with Gasteiger partial charge >= 0.3 is 0 Å². The number of benzene rings is 1. The summed E-state index contributed by atoms with van der Waals surface area (Å²) in [6.07, 6.45) is 7.56. The first-order valence-corrected chi connectivity index (χ1v) is 14.8. The molecule has 0 bridgehead atoms. The number of aromatic nitrogens is 3. The van der Waals surface area contributed by atoms with Gasteiger partial charge in [-0.05, 0) is 31.0 Å². The molecule has 4 aromatic heterocycles. The summed E-state index contributed by atoms with van der Waals surface area (Å²) in [5.74, 6) is 1.38. The summed E-state index contributed by atoms with van der Waals surface area (Å²) < 4.78 is 25.2. The molecule has 1 N–H and O–H groups in total. The first-order valence-electron chi connectivity index (χ1n) is 14.8. The minimum absolute atomic E-state index is 0.0515. The molecule has 1 aliphatic carbocycles. The fourth-order valence-electron chi connectivity index (χ4n) is 6.17. The Labute approximate surface area is 253 Å². The van der Waals surface area contributed by atoms with E-state index in [0.717, 1.165) is 36.7 Å². The van der Waals surface area contributed by atoms with Crippen LogP contribution in [0.25, 0.3) is 33.3 Å². The smallest absolute Gasteiger partial charge is 0.270 e. The Bertz CT molecular complexity index is 1910. The molecule has 0 atom stereocenters. The van der Waals surface area contributed by atoms with E-state index in [2.05, 4.69) is 14.9 Å². The zero-order valence-corrected chi connectivity index (χ0v) is 25.0. The number of carbonyl (C=O) groups is 1. The van der Waals surface area contributed by atoms with Crippen molar-refractivity contribution in [1.82, 2.24) is 19.4 Å². The van der Waals surface area contributed by atoms with E-state index >= 15 is 0 Å². The van der Waals surface area contributed by atoms with Gasteiger partial charge in [0.05, 0.1) is 32.0 Å². The summed E-state index contributed by atoms with van der Waals surface area (Å²) in [6.45, 7) is 2.41. The van der Waals surface area contributed by atoms with Crippen molar-refractivity contribution in [3.63, 3.8) is 0 Å². The Morgan fingerprint density at radius 3 is 2.61 bits per heavy atom. The molecule has 5 heterocycles. The van der Waals surface area contributed by atoms with Crippen LogP contribution in [0.1, 0.15) is 42.2 Å². The van der Waals surface area contributed by atoms with E-state index in [9.17, 15) is 9.59 Å². The second-order valence-corrected chi connectivity index (χ2v) is 11.4. The lowest BCUT2D eigenvalue weighted by molar-refractivity contribution is 0.0815. The van der Waals surface area contributed by atoms with Gasteiger partial charge in [-0.1, -0.05) is 12.8 Å². The molecule has 7 rings (SSSR count). The topological polar surface area (TPSA) is 128 Å². The number of hydrogen-bond acceptors (Lipinski definition) is 10. The summed E-state index contributed by atoms with van der Waals surface area (Å²) in [6, 6.07) is 9.16. The third-order valence-electron chi connectivity index (χ3n) is 8.39. The van der Waals surface area contributed by atoms with Crippen molar-refractivity contribution >= 4 is 45.6 Å². The van der Waals surface area contributed by atoms with Crippen molar-refractivity contribution in [1.29, 1.82) is 0 Å². The van der Waals surface area contributed by atoms with Crippen LogP contribution in [0.4, 0.5) is 17.5 Å². The number of amides is 1. The van der Waals surface area contributed by atoms with Gasteiger partial charge in [0.1, 0.15) is 23.4 Å². The number of rotatable bonds is 7. The highest BCUT2D eigenvalue weighted by atomic mass is 16.5. The van der Waals surface area contributed by atoms with Gasteiger partial charge in [0.25, 0.3) is 5.91 Å². The SMILES string of the molecule is COc1cc(Nc2ncc3cc(C(=O)N(C)C)n(C4CCCC4)c3n2)ccc1-c1coc2c(=O)cc(N3CCOCC3)oc12.